The number of nitrogens with zero attached hydrogens (tertiary/aromatic N) is 2. The molecule has 1 aliphatic rings. The number of alkyl halides is 3. The van der Waals surface area contributed by atoms with Crippen molar-refractivity contribution >= 4 is 5.82 Å². The van der Waals surface area contributed by atoms with Gasteiger partial charge in [0, 0.05) is 25.2 Å². The summed E-state index contributed by atoms with van der Waals surface area (Å²) in [6, 6.07) is 10.4. The van der Waals surface area contributed by atoms with Crippen LogP contribution in [0.2, 0.25) is 0 Å². The third-order valence-corrected chi connectivity index (χ3v) is 4.17. The van der Waals surface area contributed by atoms with E-state index < -0.39 is 11.7 Å². The van der Waals surface area contributed by atoms with E-state index in [4.69, 9.17) is 4.74 Å². The van der Waals surface area contributed by atoms with Gasteiger partial charge in [0.05, 0.1) is 12.7 Å². The van der Waals surface area contributed by atoms with Gasteiger partial charge in [0.2, 0.25) is 0 Å². The van der Waals surface area contributed by atoms with Gasteiger partial charge in [-0.1, -0.05) is 18.2 Å². The summed E-state index contributed by atoms with van der Waals surface area (Å²) < 4.78 is 43.2. The topological polar surface area (TPSA) is 25.4 Å². The summed E-state index contributed by atoms with van der Waals surface area (Å²) in [4.78, 5) is 5.98. The Balaban J connectivity index is 1.75. The van der Waals surface area contributed by atoms with Gasteiger partial charge in [-0.3, -0.25) is 0 Å². The lowest BCUT2D eigenvalue weighted by molar-refractivity contribution is -0.137. The molecule has 1 fully saturated rings. The van der Waals surface area contributed by atoms with Crippen LogP contribution in [0, 0.1) is 0 Å². The molecule has 23 heavy (non-hydrogen) atoms. The van der Waals surface area contributed by atoms with E-state index in [2.05, 4.69) is 4.98 Å². The van der Waals surface area contributed by atoms with Crippen LogP contribution < -0.4 is 9.64 Å². The number of ether oxygens (including phenoxy) is 1. The number of rotatable bonds is 3. The Labute approximate surface area is 132 Å². The Morgan fingerprint density at radius 2 is 1.96 bits per heavy atom. The molecule has 1 aromatic carbocycles. The molecule has 0 radical (unpaired) electrons. The van der Waals surface area contributed by atoms with E-state index in [1.807, 2.05) is 29.2 Å². The zero-order chi connectivity index (χ0) is 16.4. The van der Waals surface area contributed by atoms with Crippen molar-refractivity contribution in [2.45, 2.75) is 18.5 Å². The monoisotopic (exact) mass is 322 g/mol. The Hall–Kier alpha value is -2.24. The van der Waals surface area contributed by atoms with E-state index in [0.717, 1.165) is 43.1 Å². The molecule has 6 heteroatoms. The molecule has 122 valence electrons. The fraction of sp³-hybridized carbons (Fsp3) is 0.353. The maximum atomic E-state index is 12.6. The summed E-state index contributed by atoms with van der Waals surface area (Å²) in [5.74, 6) is 1.71. The van der Waals surface area contributed by atoms with Crippen molar-refractivity contribution in [1.29, 1.82) is 0 Å². The van der Waals surface area contributed by atoms with Crippen LogP contribution in [-0.2, 0) is 6.18 Å². The maximum absolute atomic E-state index is 12.6. The van der Waals surface area contributed by atoms with Crippen molar-refractivity contribution in [2.24, 2.45) is 0 Å². The van der Waals surface area contributed by atoms with E-state index in [9.17, 15) is 13.2 Å². The molecule has 0 aliphatic carbocycles. The predicted octanol–water partition coefficient (Wildman–Crippen LogP) is 4.10. The number of para-hydroxylation sites is 1. The van der Waals surface area contributed by atoms with Gasteiger partial charge in [-0.2, -0.15) is 13.2 Å². The van der Waals surface area contributed by atoms with Crippen molar-refractivity contribution < 1.29 is 17.9 Å². The summed E-state index contributed by atoms with van der Waals surface area (Å²) >= 11 is 0. The molecule has 1 unspecified atom stereocenters. The highest BCUT2D eigenvalue weighted by Crippen LogP contribution is 2.35. The number of halogens is 3. The second kappa shape index (κ2) is 6.10. The van der Waals surface area contributed by atoms with E-state index in [1.165, 1.54) is 6.07 Å². The lowest BCUT2D eigenvalue weighted by Gasteiger charge is -2.19. The number of hydrogen-bond donors (Lipinski definition) is 0. The van der Waals surface area contributed by atoms with Crippen LogP contribution in [0.15, 0.2) is 42.6 Å². The highest BCUT2D eigenvalue weighted by molar-refractivity contribution is 5.45. The normalized spacial score (nSPS) is 18.3. The molecule has 2 heterocycles. The molecule has 3 rings (SSSR count). The lowest BCUT2D eigenvalue weighted by Crippen LogP contribution is -2.20. The molecule has 0 bridgehead atoms. The van der Waals surface area contributed by atoms with Gasteiger partial charge < -0.3 is 9.64 Å². The Morgan fingerprint density at radius 1 is 1.17 bits per heavy atom. The second-order valence-corrected chi connectivity index (χ2v) is 5.58. The number of benzene rings is 1. The molecule has 0 saturated carbocycles. The van der Waals surface area contributed by atoms with Crippen LogP contribution >= 0.6 is 0 Å². The molecule has 1 aromatic heterocycles. The quantitative estimate of drug-likeness (QED) is 0.850. The molecule has 1 aliphatic heterocycles. The predicted molar refractivity (Wildman–Crippen MR) is 81.8 cm³/mol. The van der Waals surface area contributed by atoms with E-state index in [1.54, 1.807) is 7.11 Å². The summed E-state index contributed by atoms with van der Waals surface area (Å²) in [5, 5.41) is 0. The van der Waals surface area contributed by atoms with Crippen LogP contribution in [-0.4, -0.2) is 25.2 Å². The first-order valence-electron chi connectivity index (χ1n) is 7.40. The van der Waals surface area contributed by atoms with Crippen molar-refractivity contribution in [3.63, 3.8) is 0 Å². The summed E-state index contributed by atoms with van der Waals surface area (Å²) in [6.45, 7) is 1.49. The smallest absolute Gasteiger partial charge is 0.417 e. The van der Waals surface area contributed by atoms with E-state index >= 15 is 0 Å². The third-order valence-electron chi connectivity index (χ3n) is 4.17. The molecule has 0 amide bonds. The molecule has 0 spiro atoms. The van der Waals surface area contributed by atoms with Crippen molar-refractivity contribution in [2.75, 3.05) is 25.1 Å². The van der Waals surface area contributed by atoms with Crippen LogP contribution in [0.25, 0.3) is 0 Å². The highest BCUT2D eigenvalue weighted by Gasteiger charge is 2.32. The van der Waals surface area contributed by atoms with Crippen molar-refractivity contribution in [1.82, 2.24) is 4.98 Å². The first-order valence-corrected chi connectivity index (χ1v) is 7.40. The first kappa shape index (κ1) is 15.6. The average molecular weight is 322 g/mol. The van der Waals surface area contributed by atoms with Gasteiger partial charge in [0.25, 0.3) is 0 Å². The Morgan fingerprint density at radius 3 is 2.61 bits per heavy atom. The zero-order valence-electron chi connectivity index (χ0n) is 12.7. The summed E-state index contributed by atoms with van der Waals surface area (Å²) in [6.07, 6.45) is -2.54. The number of pyridine rings is 1. The fourth-order valence-corrected chi connectivity index (χ4v) is 2.97. The number of methoxy groups -OCH3 is 1. The maximum Gasteiger partial charge on any atom is 0.417 e. The Kier molecular flexibility index (Phi) is 4.15. The van der Waals surface area contributed by atoms with Crippen LogP contribution in [0.1, 0.15) is 23.5 Å². The fourth-order valence-electron chi connectivity index (χ4n) is 2.97. The summed E-state index contributed by atoms with van der Waals surface area (Å²) in [7, 11) is 1.64. The van der Waals surface area contributed by atoms with Gasteiger partial charge in [-0.05, 0) is 30.2 Å². The van der Waals surface area contributed by atoms with E-state index in [0.29, 0.717) is 5.82 Å². The van der Waals surface area contributed by atoms with Crippen molar-refractivity contribution in [3.8, 4) is 5.75 Å². The molecule has 3 nitrogen and oxygen atoms in total. The van der Waals surface area contributed by atoms with Crippen LogP contribution in [0.3, 0.4) is 0 Å². The third kappa shape index (κ3) is 3.25. The van der Waals surface area contributed by atoms with E-state index in [-0.39, 0.29) is 5.92 Å². The van der Waals surface area contributed by atoms with Gasteiger partial charge in [0.1, 0.15) is 11.6 Å². The Bertz CT molecular complexity index is 670. The van der Waals surface area contributed by atoms with Gasteiger partial charge in [-0.25, -0.2) is 4.98 Å². The molecule has 2 aromatic rings. The van der Waals surface area contributed by atoms with Crippen molar-refractivity contribution in [3.05, 3.63) is 53.7 Å². The first-order chi connectivity index (χ1) is 11.0. The molecule has 1 atom stereocenters. The SMILES string of the molecule is COc1ccccc1C1CCN(c2ccc(C(F)(F)F)cn2)C1. The standard InChI is InChI=1S/C17H17F3N2O/c1-23-15-5-3-2-4-14(15)12-8-9-22(11-12)16-7-6-13(10-21-16)17(18,19)20/h2-7,10,12H,8-9,11H2,1H3. The zero-order valence-corrected chi connectivity index (χ0v) is 12.7. The lowest BCUT2D eigenvalue weighted by atomic mass is 9.97. The molecule has 1 saturated heterocycles. The van der Waals surface area contributed by atoms with Gasteiger partial charge >= 0.3 is 6.18 Å². The van der Waals surface area contributed by atoms with Crippen LogP contribution in [0.5, 0.6) is 5.75 Å². The molecular weight excluding hydrogens is 305 g/mol. The number of hydrogen-bond acceptors (Lipinski definition) is 3. The minimum Gasteiger partial charge on any atom is -0.496 e. The van der Waals surface area contributed by atoms with Crippen LogP contribution in [0.4, 0.5) is 19.0 Å². The van der Waals surface area contributed by atoms with Gasteiger partial charge in [-0.15, -0.1) is 0 Å². The molecule has 0 N–H and O–H groups in total. The highest BCUT2D eigenvalue weighted by atomic mass is 19.4. The number of anilines is 1. The van der Waals surface area contributed by atoms with Gasteiger partial charge in [0.15, 0.2) is 0 Å². The second-order valence-electron chi connectivity index (χ2n) is 5.58. The largest absolute Gasteiger partial charge is 0.496 e. The number of aromatic nitrogens is 1. The average Bonchev–Trinajstić information content (AvgIpc) is 3.04. The minimum absolute atomic E-state index is 0.287. The minimum atomic E-state index is -4.35. The molecular formula is C17H17F3N2O. The summed E-state index contributed by atoms with van der Waals surface area (Å²) in [5.41, 5.74) is 0.408.